The predicted molar refractivity (Wildman–Crippen MR) is 79.1 cm³/mol. The number of rotatable bonds is 8. The van der Waals surface area contributed by atoms with Crippen molar-refractivity contribution in [1.82, 2.24) is 0 Å². The van der Waals surface area contributed by atoms with Gasteiger partial charge in [-0.05, 0) is 43.9 Å². The summed E-state index contributed by atoms with van der Waals surface area (Å²) in [5.41, 5.74) is 0. The minimum Gasteiger partial charge on any atom is -0.299 e. The lowest BCUT2D eigenvalue weighted by Crippen LogP contribution is -1.70. The summed E-state index contributed by atoms with van der Waals surface area (Å²) in [5.74, 6) is 5.70. The van der Waals surface area contributed by atoms with Gasteiger partial charge in [0.1, 0.15) is 6.29 Å². The highest BCUT2D eigenvalue weighted by molar-refractivity contribution is 5.65. The summed E-state index contributed by atoms with van der Waals surface area (Å²) >= 11 is 0. The molecule has 0 aliphatic rings. The summed E-state index contributed by atoms with van der Waals surface area (Å²) in [4.78, 5) is 9.94. The van der Waals surface area contributed by atoms with Gasteiger partial charge in [0.2, 0.25) is 0 Å². The van der Waals surface area contributed by atoms with Gasteiger partial charge in [-0.15, -0.1) is 6.58 Å². The molecule has 18 heavy (non-hydrogen) atoms. The number of hydrogen-bond acceptors (Lipinski definition) is 1. The second-order valence-corrected chi connectivity index (χ2v) is 3.53. The molecule has 0 amide bonds. The maximum absolute atomic E-state index is 9.94. The van der Waals surface area contributed by atoms with Gasteiger partial charge >= 0.3 is 0 Å². The molecule has 0 aliphatic carbocycles. The molecule has 0 heterocycles. The monoisotopic (exact) mass is 240 g/mol. The van der Waals surface area contributed by atoms with Crippen LogP contribution in [-0.2, 0) is 4.79 Å². The van der Waals surface area contributed by atoms with Crippen LogP contribution >= 0.6 is 0 Å². The molecule has 0 atom stereocenters. The Bertz CT molecular complexity index is 384. The van der Waals surface area contributed by atoms with Gasteiger partial charge in [-0.1, -0.05) is 48.3 Å². The molecule has 0 aliphatic heterocycles. The molecule has 0 aromatic carbocycles. The first-order valence-corrected chi connectivity index (χ1v) is 6.12. The van der Waals surface area contributed by atoms with Crippen LogP contribution in [0.25, 0.3) is 0 Å². The largest absolute Gasteiger partial charge is 0.299 e. The fourth-order valence-corrected chi connectivity index (χ4v) is 1.14. The van der Waals surface area contributed by atoms with Gasteiger partial charge in [0.05, 0.1) is 0 Å². The molecule has 0 fully saturated rings. The summed E-state index contributed by atoms with van der Waals surface area (Å²) in [5, 5.41) is 0. The highest BCUT2D eigenvalue weighted by atomic mass is 16.1. The zero-order valence-electron chi connectivity index (χ0n) is 10.7. The Labute approximate surface area is 110 Å². The van der Waals surface area contributed by atoms with Crippen LogP contribution < -0.4 is 0 Å². The van der Waals surface area contributed by atoms with E-state index in [-0.39, 0.29) is 0 Å². The Kier molecular flexibility index (Phi) is 13.2. The molecule has 94 valence electrons. The standard InChI is InChI=1S/C17H20O/c1-2-3-4-5-6-7-8-9-10-11-12-13-14-15-16-17-18/h2,7-10,13-17H,1,3-6H2. The smallest absolute Gasteiger partial charge is 0.142 e. The molecule has 0 saturated carbocycles. The molecule has 1 heteroatoms. The van der Waals surface area contributed by atoms with Gasteiger partial charge in [0.25, 0.3) is 0 Å². The van der Waals surface area contributed by atoms with Gasteiger partial charge < -0.3 is 0 Å². The minimum atomic E-state index is 0.734. The normalized spacial score (nSPS) is 11.3. The van der Waals surface area contributed by atoms with Gasteiger partial charge in [-0.2, -0.15) is 0 Å². The minimum absolute atomic E-state index is 0.734. The Morgan fingerprint density at radius 1 is 0.833 bits per heavy atom. The highest BCUT2D eigenvalue weighted by Crippen LogP contribution is 2.00. The third-order valence-electron chi connectivity index (χ3n) is 2.02. The number of carbonyl (C=O) groups excluding carboxylic acids is 1. The van der Waals surface area contributed by atoms with Crippen LogP contribution in [0.2, 0.25) is 0 Å². The van der Waals surface area contributed by atoms with Crippen LogP contribution in [0.3, 0.4) is 0 Å². The molecule has 0 aromatic heterocycles. The van der Waals surface area contributed by atoms with Crippen LogP contribution in [0.5, 0.6) is 0 Å². The lowest BCUT2D eigenvalue weighted by atomic mass is 10.2. The van der Waals surface area contributed by atoms with E-state index in [1.165, 1.54) is 18.9 Å². The Hall–Kier alpha value is -2.07. The Morgan fingerprint density at radius 3 is 2.17 bits per heavy atom. The van der Waals surface area contributed by atoms with Gasteiger partial charge in [-0.3, -0.25) is 4.79 Å². The predicted octanol–water partition coefficient (Wildman–Crippen LogP) is 4.16. The van der Waals surface area contributed by atoms with Gasteiger partial charge in [-0.25, -0.2) is 0 Å². The lowest BCUT2D eigenvalue weighted by Gasteiger charge is -1.90. The maximum atomic E-state index is 9.94. The zero-order chi connectivity index (χ0) is 13.3. The Morgan fingerprint density at radius 2 is 1.50 bits per heavy atom. The quantitative estimate of drug-likeness (QED) is 0.155. The maximum Gasteiger partial charge on any atom is 0.142 e. The van der Waals surface area contributed by atoms with E-state index < -0.39 is 0 Å². The van der Waals surface area contributed by atoms with Crippen LogP contribution in [-0.4, -0.2) is 6.29 Å². The first-order valence-electron chi connectivity index (χ1n) is 6.12. The topological polar surface area (TPSA) is 17.1 Å². The fraction of sp³-hybridized carbons (Fsp3) is 0.235. The number of hydrogen-bond donors (Lipinski definition) is 0. The van der Waals surface area contributed by atoms with E-state index in [1.807, 2.05) is 18.2 Å². The first kappa shape index (κ1) is 15.9. The summed E-state index contributed by atoms with van der Waals surface area (Å²) in [7, 11) is 0. The number of aldehydes is 1. The van der Waals surface area contributed by atoms with Gasteiger partial charge in [0.15, 0.2) is 0 Å². The van der Waals surface area contributed by atoms with Crippen molar-refractivity contribution < 1.29 is 4.79 Å². The van der Waals surface area contributed by atoms with Crippen molar-refractivity contribution in [3.63, 3.8) is 0 Å². The summed E-state index contributed by atoms with van der Waals surface area (Å²) < 4.78 is 0. The van der Waals surface area contributed by atoms with Crippen molar-refractivity contribution in [2.24, 2.45) is 0 Å². The van der Waals surface area contributed by atoms with E-state index in [1.54, 1.807) is 24.3 Å². The lowest BCUT2D eigenvalue weighted by molar-refractivity contribution is -0.104. The molecule has 0 saturated heterocycles. The van der Waals surface area contributed by atoms with Crippen LogP contribution in [0.15, 0.2) is 61.3 Å². The van der Waals surface area contributed by atoms with Crippen LogP contribution in [0.4, 0.5) is 0 Å². The zero-order valence-corrected chi connectivity index (χ0v) is 10.7. The van der Waals surface area contributed by atoms with E-state index in [0.29, 0.717) is 0 Å². The molecule has 0 aromatic rings. The van der Waals surface area contributed by atoms with E-state index in [9.17, 15) is 4.79 Å². The summed E-state index contributed by atoms with van der Waals surface area (Å²) in [6.07, 6.45) is 21.7. The van der Waals surface area contributed by atoms with Crippen molar-refractivity contribution in [3.05, 3.63) is 61.3 Å². The number of carbonyl (C=O) groups is 1. The molecule has 0 bridgehead atoms. The SMILES string of the molecule is C=CCCCCC=CC=CC#CC=CC=CC=O. The van der Waals surface area contributed by atoms with Crippen molar-refractivity contribution in [3.8, 4) is 11.8 Å². The second-order valence-electron chi connectivity index (χ2n) is 3.53. The molecular weight excluding hydrogens is 220 g/mol. The third kappa shape index (κ3) is 13.9. The van der Waals surface area contributed by atoms with Crippen LogP contribution in [0.1, 0.15) is 25.7 Å². The molecular formula is C17H20O. The molecule has 1 nitrogen and oxygen atoms in total. The Balaban J connectivity index is 3.63. The van der Waals surface area contributed by atoms with E-state index >= 15 is 0 Å². The molecule has 0 spiro atoms. The van der Waals surface area contributed by atoms with E-state index in [0.717, 1.165) is 19.1 Å². The highest BCUT2D eigenvalue weighted by Gasteiger charge is 1.80. The fourth-order valence-electron chi connectivity index (χ4n) is 1.14. The number of unbranched alkanes of at least 4 members (excludes halogenated alkanes) is 3. The van der Waals surface area contributed by atoms with Gasteiger partial charge in [0, 0.05) is 0 Å². The summed E-state index contributed by atoms with van der Waals surface area (Å²) in [6, 6.07) is 0. The van der Waals surface area contributed by atoms with Crippen molar-refractivity contribution in [1.29, 1.82) is 0 Å². The van der Waals surface area contributed by atoms with Crippen molar-refractivity contribution in [2.75, 3.05) is 0 Å². The van der Waals surface area contributed by atoms with Crippen LogP contribution in [0, 0.1) is 11.8 Å². The average molecular weight is 240 g/mol. The summed E-state index contributed by atoms with van der Waals surface area (Å²) in [6.45, 7) is 3.69. The first-order chi connectivity index (χ1) is 8.91. The third-order valence-corrected chi connectivity index (χ3v) is 2.02. The van der Waals surface area contributed by atoms with Crippen molar-refractivity contribution >= 4 is 6.29 Å². The number of allylic oxidation sites excluding steroid dienone is 9. The average Bonchev–Trinajstić information content (AvgIpc) is 2.39. The molecule has 0 rings (SSSR count). The van der Waals surface area contributed by atoms with Crippen molar-refractivity contribution in [2.45, 2.75) is 25.7 Å². The van der Waals surface area contributed by atoms with E-state index in [2.05, 4.69) is 24.5 Å². The second kappa shape index (κ2) is 14.9. The molecule has 0 unspecified atom stereocenters. The molecule has 0 N–H and O–H groups in total. The molecule has 0 radical (unpaired) electrons. The van der Waals surface area contributed by atoms with E-state index in [4.69, 9.17) is 0 Å².